The van der Waals surface area contributed by atoms with Crippen molar-refractivity contribution in [2.24, 2.45) is 0 Å². The van der Waals surface area contributed by atoms with E-state index in [2.05, 4.69) is 15.6 Å². The summed E-state index contributed by atoms with van der Waals surface area (Å²) in [6, 6.07) is 3.83. The normalized spacial score (nSPS) is 14.2. The monoisotopic (exact) mass is 219 g/mol. The summed E-state index contributed by atoms with van der Waals surface area (Å²) < 4.78 is 0. The van der Waals surface area contributed by atoms with Crippen LogP contribution in [0.4, 0.5) is 0 Å². The lowest BCUT2D eigenvalue weighted by atomic mass is 10.3. The Balaban J connectivity index is 1.76. The third-order valence-corrected chi connectivity index (χ3v) is 2.29. The number of carbonyl (C=O) groups excluding carboxylic acids is 2. The largest absolute Gasteiger partial charge is 0.345 e. The number of aromatic nitrogens is 1. The molecule has 1 aliphatic rings. The van der Waals surface area contributed by atoms with Crippen molar-refractivity contribution >= 4 is 11.8 Å². The molecule has 2 rings (SSSR count). The Hall–Kier alpha value is -1.91. The molecule has 1 aromatic rings. The van der Waals surface area contributed by atoms with Crippen molar-refractivity contribution in [2.45, 2.75) is 25.4 Å². The molecule has 2 amide bonds. The number of amides is 2. The standard InChI is InChI=1S/C11H13N3O2/c15-10(11(16)14-9-3-4-9)13-7-8-2-1-5-12-6-8/h1-2,5-6,9H,3-4,7H2,(H,13,15)(H,14,16). The summed E-state index contributed by atoms with van der Waals surface area (Å²) in [5.74, 6) is -1.14. The van der Waals surface area contributed by atoms with Crippen LogP contribution in [0, 0.1) is 0 Å². The summed E-state index contributed by atoms with van der Waals surface area (Å²) >= 11 is 0. The maximum Gasteiger partial charge on any atom is 0.309 e. The summed E-state index contributed by atoms with van der Waals surface area (Å²) in [5, 5.41) is 5.16. The van der Waals surface area contributed by atoms with Crippen LogP contribution in [0.3, 0.4) is 0 Å². The van der Waals surface area contributed by atoms with Crippen molar-refractivity contribution in [3.8, 4) is 0 Å². The highest BCUT2D eigenvalue weighted by Crippen LogP contribution is 2.18. The molecule has 2 N–H and O–H groups in total. The Labute approximate surface area is 93.3 Å². The topological polar surface area (TPSA) is 71.1 Å². The number of pyridine rings is 1. The molecule has 1 heterocycles. The van der Waals surface area contributed by atoms with Crippen molar-refractivity contribution in [3.63, 3.8) is 0 Å². The fraction of sp³-hybridized carbons (Fsp3) is 0.364. The van der Waals surface area contributed by atoms with Crippen LogP contribution in [0.15, 0.2) is 24.5 Å². The first-order valence-electron chi connectivity index (χ1n) is 5.23. The smallest absolute Gasteiger partial charge is 0.309 e. The van der Waals surface area contributed by atoms with E-state index in [9.17, 15) is 9.59 Å². The molecule has 84 valence electrons. The lowest BCUT2D eigenvalue weighted by Crippen LogP contribution is -2.40. The van der Waals surface area contributed by atoms with Crippen molar-refractivity contribution < 1.29 is 9.59 Å². The molecule has 16 heavy (non-hydrogen) atoms. The van der Waals surface area contributed by atoms with Crippen LogP contribution in [0.5, 0.6) is 0 Å². The average Bonchev–Trinajstić information content (AvgIpc) is 3.11. The third kappa shape index (κ3) is 3.05. The Morgan fingerprint density at radius 1 is 1.38 bits per heavy atom. The van der Waals surface area contributed by atoms with Gasteiger partial charge in [0.2, 0.25) is 0 Å². The number of nitrogens with one attached hydrogen (secondary N) is 2. The zero-order chi connectivity index (χ0) is 11.4. The molecule has 5 nitrogen and oxygen atoms in total. The molecule has 0 atom stereocenters. The van der Waals surface area contributed by atoms with E-state index in [4.69, 9.17) is 0 Å². The Morgan fingerprint density at radius 2 is 2.19 bits per heavy atom. The molecule has 1 aromatic heterocycles. The second-order valence-electron chi connectivity index (χ2n) is 3.79. The SMILES string of the molecule is O=C(NCc1cccnc1)C(=O)NC1CC1. The third-order valence-electron chi connectivity index (χ3n) is 2.29. The number of rotatable bonds is 3. The molecular formula is C11H13N3O2. The zero-order valence-electron chi connectivity index (χ0n) is 8.77. The van der Waals surface area contributed by atoms with Crippen LogP contribution in [0.25, 0.3) is 0 Å². The summed E-state index contributed by atoms with van der Waals surface area (Å²) in [7, 11) is 0. The van der Waals surface area contributed by atoms with Gasteiger partial charge >= 0.3 is 11.8 Å². The van der Waals surface area contributed by atoms with Gasteiger partial charge in [0.1, 0.15) is 0 Å². The van der Waals surface area contributed by atoms with Gasteiger partial charge in [0.15, 0.2) is 0 Å². The molecule has 1 aliphatic carbocycles. The number of hydrogen-bond donors (Lipinski definition) is 2. The van der Waals surface area contributed by atoms with E-state index in [1.165, 1.54) is 0 Å². The van der Waals surface area contributed by atoms with Gasteiger partial charge in [-0.2, -0.15) is 0 Å². The summed E-state index contributed by atoms with van der Waals surface area (Å²) in [5.41, 5.74) is 0.870. The minimum atomic E-state index is -0.587. The molecular weight excluding hydrogens is 206 g/mol. The van der Waals surface area contributed by atoms with Crippen LogP contribution < -0.4 is 10.6 Å². The number of nitrogens with zero attached hydrogens (tertiary/aromatic N) is 1. The molecule has 0 radical (unpaired) electrons. The molecule has 1 fully saturated rings. The van der Waals surface area contributed by atoms with Crippen LogP contribution in [0.1, 0.15) is 18.4 Å². The number of carbonyl (C=O) groups is 2. The highest BCUT2D eigenvalue weighted by molar-refractivity contribution is 6.35. The maximum absolute atomic E-state index is 11.3. The van der Waals surface area contributed by atoms with Crippen molar-refractivity contribution in [1.29, 1.82) is 0 Å². The van der Waals surface area contributed by atoms with Crippen LogP contribution in [0.2, 0.25) is 0 Å². The van der Waals surface area contributed by atoms with Crippen molar-refractivity contribution in [2.75, 3.05) is 0 Å². The summed E-state index contributed by atoms with van der Waals surface area (Å²) in [4.78, 5) is 26.5. The zero-order valence-corrected chi connectivity index (χ0v) is 8.77. The first-order valence-corrected chi connectivity index (χ1v) is 5.23. The first-order chi connectivity index (χ1) is 7.75. The summed E-state index contributed by atoms with van der Waals surface area (Å²) in [6.45, 7) is 0.324. The van der Waals surface area contributed by atoms with E-state index < -0.39 is 11.8 Å². The Morgan fingerprint density at radius 3 is 2.81 bits per heavy atom. The van der Waals surface area contributed by atoms with Gasteiger partial charge in [-0.3, -0.25) is 14.6 Å². The molecule has 0 unspecified atom stereocenters. The van der Waals surface area contributed by atoms with Gasteiger partial charge in [0.05, 0.1) is 0 Å². The Bertz CT molecular complexity index is 387. The summed E-state index contributed by atoms with van der Waals surface area (Å²) in [6.07, 6.45) is 5.26. The van der Waals surface area contributed by atoms with Gasteiger partial charge in [0, 0.05) is 25.0 Å². The lowest BCUT2D eigenvalue weighted by molar-refractivity contribution is -0.139. The lowest BCUT2D eigenvalue weighted by Gasteiger charge is -2.04. The van der Waals surface area contributed by atoms with Crippen molar-refractivity contribution in [3.05, 3.63) is 30.1 Å². The van der Waals surface area contributed by atoms with E-state index in [0.29, 0.717) is 6.54 Å². The van der Waals surface area contributed by atoms with E-state index in [-0.39, 0.29) is 6.04 Å². The first kappa shape index (κ1) is 10.6. The van der Waals surface area contributed by atoms with Gasteiger partial charge < -0.3 is 10.6 Å². The maximum atomic E-state index is 11.3. The molecule has 5 heteroatoms. The fourth-order valence-corrected chi connectivity index (χ4v) is 1.24. The second-order valence-corrected chi connectivity index (χ2v) is 3.79. The molecule has 0 spiro atoms. The van der Waals surface area contributed by atoms with Crippen LogP contribution >= 0.6 is 0 Å². The molecule has 0 saturated heterocycles. The quantitative estimate of drug-likeness (QED) is 0.702. The van der Waals surface area contributed by atoms with Crippen LogP contribution in [-0.2, 0) is 16.1 Å². The predicted octanol–water partition coefficient (Wildman–Crippen LogP) is -0.0236. The minimum Gasteiger partial charge on any atom is -0.345 e. The van der Waals surface area contributed by atoms with Crippen molar-refractivity contribution in [1.82, 2.24) is 15.6 Å². The van der Waals surface area contributed by atoms with Gasteiger partial charge in [-0.05, 0) is 24.5 Å². The van der Waals surface area contributed by atoms with Gasteiger partial charge in [-0.1, -0.05) is 6.07 Å². The number of hydrogen-bond acceptors (Lipinski definition) is 3. The fourth-order valence-electron chi connectivity index (χ4n) is 1.24. The van der Waals surface area contributed by atoms with Gasteiger partial charge in [-0.15, -0.1) is 0 Å². The average molecular weight is 219 g/mol. The second kappa shape index (κ2) is 4.74. The Kier molecular flexibility index (Phi) is 3.14. The minimum absolute atomic E-state index is 0.205. The molecule has 0 bridgehead atoms. The molecule has 0 aliphatic heterocycles. The van der Waals surface area contributed by atoms with Gasteiger partial charge in [-0.25, -0.2) is 0 Å². The highest BCUT2D eigenvalue weighted by Gasteiger charge is 2.26. The van der Waals surface area contributed by atoms with Crippen LogP contribution in [-0.4, -0.2) is 22.8 Å². The van der Waals surface area contributed by atoms with E-state index >= 15 is 0 Å². The van der Waals surface area contributed by atoms with E-state index in [1.807, 2.05) is 6.07 Å². The highest BCUT2D eigenvalue weighted by atomic mass is 16.2. The predicted molar refractivity (Wildman–Crippen MR) is 57.2 cm³/mol. The van der Waals surface area contributed by atoms with E-state index in [0.717, 1.165) is 18.4 Å². The molecule has 1 saturated carbocycles. The molecule has 0 aromatic carbocycles. The van der Waals surface area contributed by atoms with E-state index in [1.54, 1.807) is 18.5 Å². The van der Waals surface area contributed by atoms with Gasteiger partial charge in [0.25, 0.3) is 0 Å².